The third kappa shape index (κ3) is 2.71. The maximum Gasteiger partial charge on any atom is 0.236 e. The zero-order valence-electron chi connectivity index (χ0n) is 9.59. The lowest BCUT2D eigenvalue weighted by atomic mass is 10.3. The summed E-state index contributed by atoms with van der Waals surface area (Å²) in [6, 6.07) is 1.89. The number of rotatable bonds is 2. The molecular weight excluding hydrogens is 238 g/mol. The van der Waals surface area contributed by atoms with E-state index in [1.165, 1.54) is 0 Å². The fourth-order valence-corrected chi connectivity index (χ4v) is 2.48. The van der Waals surface area contributed by atoms with Gasteiger partial charge < -0.3 is 9.80 Å². The smallest absolute Gasteiger partial charge is 0.236 e. The van der Waals surface area contributed by atoms with Gasteiger partial charge in [0.15, 0.2) is 0 Å². The second-order valence-corrected chi connectivity index (χ2v) is 4.97. The first-order chi connectivity index (χ1) is 8.20. The molecule has 1 saturated heterocycles. The largest absolute Gasteiger partial charge is 0.343 e. The van der Waals surface area contributed by atoms with Gasteiger partial charge in [0.05, 0.1) is 6.07 Å². The van der Waals surface area contributed by atoms with Gasteiger partial charge in [-0.05, 0) is 6.92 Å². The molecule has 1 aromatic heterocycles. The van der Waals surface area contributed by atoms with Gasteiger partial charge in [-0.15, -0.1) is 10.2 Å². The number of nitrogens with zero attached hydrogens (tertiary/aromatic N) is 5. The van der Waals surface area contributed by atoms with Crippen LogP contribution in [0, 0.1) is 18.3 Å². The summed E-state index contributed by atoms with van der Waals surface area (Å²) >= 11 is 1.56. The number of piperazine rings is 1. The van der Waals surface area contributed by atoms with Crippen molar-refractivity contribution < 1.29 is 4.79 Å². The van der Waals surface area contributed by atoms with Gasteiger partial charge in [-0.1, -0.05) is 11.3 Å². The molecule has 0 saturated carbocycles. The number of carbonyl (C=O) groups is 1. The number of hydrogen-bond acceptors (Lipinski definition) is 6. The van der Waals surface area contributed by atoms with Crippen LogP contribution in [0.25, 0.3) is 0 Å². The van der Waals surface area contributed by atoms with E-state index in [4.69, 9.17) is 5.26 Å². The molecule has 7 heteroatoms. The molecule has 1 aromatic rings. The van der Waals surface area contributed by atoms with Crippen LogP contribution in [0.1, 0.15) is 11.4 Å². The fraction of sp³-hybridized carbons (Fsp3) is 0.600. The minimum Gasteiger partial charge on any atom is -0.343 e. The van der Waals surface area contributed by atoms with Crippen molar-refractivity contribution in [2.24, 2.45) is 0 Å². The first-order valence-corrected chi connectivity index (χ1v) is 6.22. The van der Waals surface area contributed by atoms with Gasteiger partial charge in [0.1, 0.15) is 11.4 Å². The van der Waals surface area contributed by atoms with Crippen molar-refractivity contribution in [1.82, 2.24) is 15.1 Å². The zero-order chi connectivity index (χ0) is 12.3. The second-order valence-electron chi connectivity index (χ2n) is 3.81. The van der Waals surface area contributed by atoms with Gasteiger partial charge in [0, 0.05) is 26.2 Å². The van der Waals surface area contributed by atoms with Crippen molar-refractivity contribution in [1.29, 1.82) is 5.26 Å². The van der Waals surface area contributed by atoms with Crippen LogP contribution in [0.2, 0.25) is 0 Å². The standard InChI is InChI=1S/C10H13N5OS/c1-8-12-13-10(17-8)15-6-4-14(5-7-15)9(16)2-3-11/h2,4-7H2,1H3. The van der Waals surface area contributed by atoms with Crippen molar-refractivity contribution in [2.75, 3.05) is 31.1 Å². The Morgan fingerprint density at radius 2 is 2.12 bits per heavy atom. The highest BCUT2D eigenvalue weighted by Gasteiger charge is 2.22. The number of anilines is 1. The average Bonchev–Trinajstić information content (AvgIpc) is 2.76. The van der Waals surface area contributed by atoms with E-state index in [-0.39, 0.29) is 12.3 Å². The molecule has 0 unspecified atom stereocenters. The van der Waals surface area contributed by atoms with E-state index >= 15 is 0 Å². The maximum absolute atomic E-state index is 11.5. The Morgan fingerprint density at radius 3 is 2.65 bits per heavy atom. The molecule has 2 heterocycles. The number of amides is 1. The van der Waals surface area contributed by atoms with Crippen LogP contribution in [-0.2, 0) is 4.79 Å². The average molecular weight is 251 g/mol. The monoisotopic (exact) mass is 251 g/mol. The number of carbonyl (C=O) groups excluding carboxylic acids is 1. The summed E-state index contributed by atoms with van der Waals surface area (Å²) in [6.07, 6.45) is -0.0298. The van der Waals surface area contributed by atoms with Crippen LogP contribution in [-0.4, -0.2) is 47.2 Å². The van der Waals surface area contributed by atoms with E-state index in [9.17, 15) is 4.79 Å². The number of aromatic nitrogens is 2. The van der Waals surface area contributed by atoms with Crippen LogP contribution in [0.4, 0.5) is 5.13 Å². The summed E-state index contributed by atoms with van der Waals surface area (Å²) in [7, 11) is 0. The fourth-order valence-electron chi connectivity index (χ4n) is 1.74. The van der Waals surface area contributed by atoms with Gasteiger partial charge in [-0.2, -0.15) is 5.26 Å². The lowest BCUT2D eigenvalue weighted by Crippen LogP contribution is -2.48. The van der Waals surface area contributed by atoms with Crippen LogP contribution in [0.5, 0.6) is 0 Å². The maximum atomic E-state index is 11.5. The number of hydrogen-bond donors (Lipinski definition) is 0. The molecule has 1 amide bonds. The third-order valence-electron chi connectivity index (χ3n) is 2.65. The van der Waals surface area contributed by atoms with Gasteiger partial charge in [0.25, 0.3) is 0 Å². The molecule has 0 bridgehead atoms. The Labute approximate surface area is 103 Å². The molecule has 0 aliphatic carbocycles. The Hall–Kier alpha value is -1.68. The molecule has 0 N–H and O–H groups in total. The Balaban J connectivity index is 1.90. The van der Waals surface area contributed by atoms with E-state index in [1.807, 2.05) is 13.0 Å². The SMILES string of the molecule is Cc1nnc(N2CCN(C(=O)CC#N)CC2)s1. The number of nitriles is 1. The predicted molar refractivity (Wildman–Crippen MR) is 63.7 cm³/mol. The molecule has 0 radical (unpaired) electrons. The summed E-state index contributed by atoms with van der Waals surface area (Å²) in [5.74, 6) is -0.0828. The van der Waals surface area contributed by atoms with Crippen molar-refractivity contribution in [2.45, 2.75) is 13.3 Å². The van der Waals surface area contributed by atoms with Crippen molar-refractivity contribution in [3.63, 3.8) is 0 Å². The van der Waals surface area contributed by atoms with Crippen molar-refractivity contribution >= 4 is 22.4 Å². The van der Waals surface area contributed by atoms with Gasteiger partial charge in [-0.25, -0.2) is 0 Å². The minimum absolute atomic E-state index is 0.0298. The Bertz CT molecular complexity index is 444. The van der Waals surface area contributed by atoms with Crippen molar-refractivity contribution in [3.8, 4) is 6.07 Å². The molecular formula is C10H13N5OS. The van der Waals surface area contributed by atoms with Gasteiger partial charge in [0.2, 0.25) is 11.0 Å². The quantitative estimate of drug-likeness (QED) is 0.761. The van der Waals surface area contributed by atoms with Crippen LogP contribution >= 0.6 is 11.3 Å². The Morgan fingerprint density at radius 1 is 1.41 bits per heavy atom. The van der Waals surface area contributed by atoms with E-state index in [0.29, 0.717) is 13.1 Å². The normalized spacial score (nSPS) is 15.8. The molecule has 0 aromatic carbocycles. The molecule has 1 aliphatic heterocycles. The number of aryl methyl sites for hydroxylation is 1. The molecule has 1 fully saturated rings. The highest BCUT2D eigenvalue weighted by molar-refractivity contribution is 7.15. The van der Waals surface area contributed by atoms with Gasteiger partial charge in [-0.3, -0.25) is 4.79 Å². The summed E-state index contributed by atoms with van der Waals surface area (Å²) in [5.41, 5.74) is 0. The van der Waals surface area contributed by atoms with Crippen molar-refractivity contribution in [3.05, 3.63) is 5.01 Å². The van der Waals surface area contributed by atoms with E-state index in [1.54, 1.807) is 16.2 Å². The first-order valence-electron chi connectivity index (χ1n) is 5.40. The summed E-state index contributed by atoms with van der Waals surface area (Å²) in [6.45, 7) is 4.74. The van der Waals surface area contributed by atoms with Crippen LogP contribution in [0.15, 0.2) is 0 Å². The van der Waals surface area contributed by atoms with Crippen LogP contribution in [0.3, 0.4) is 0 Å². The van der Waals surface area contributed by atoms with E-state index in [0.717, 1.165) is 23.2 Å². The minimum atomic E-state index is -0.0828. The topological polar surface area (TPSA) is 73.1 Å². The van der Waals surface area contributed by atoms with E-state index in [2.05, 4.69) is 15.1 Å². The highest BCUT2D eigenvalue weighted by Crippen LogP contribution is 2.20. The third-order valence-corrected chi connectivity index (χ3v) is 3.55. The molecule has 6 nitrogen and oxygen atoms in total. The molecule has 90 valence electrons. The predicted octanol–water partition coefficient (Wildman–Crippen LogP) is 0.409. The molecule has 0 spiro atoms. The molecule has 0 atom stereocenters. The van der Waals surface area contributed by atoms with E-state index < -0.39 is 0 Å². The van der Waals surface area contributed by atoms with Gasteiger partial charge >= 0.3 is 0 Å². The summed E-state index contributed by atoms with van der Waals surface area (Å²) in [5, 5.41) is 18.4. The van der Waals surface area contributed by atoms with Crippen LogP contribution < -0.4 is 4.90 Å². The highest BCUT2D eigenvalue weighted by atomic mass is 32.1. The molecule has 1 aliphatic rings. The lowest BCUT2D eigenvalue weighted by Gasteiger charge is -2.33. The summed E-state index contributed by atoms with van der Waals surface area (Å²) in [4.78, 5) is 15.4. The molecule has 17 heavy (non-hydrogen) atoms. The Kier molecular flexibility index (Phi) is 3.54. The first kappa shape index (κ1) is 11.8. The second kappa shape index (κ2) is 5.10. The zero-order valence-corrected chi connectivity index (χ0v) is 10.4. The summed E-state index contributed by atoms with van der Waals surface area (Å²) < 4.78 is 0. The lowest BCUT2D eigenvalue weighted by molar-refractivity contribution is -0.130. The molecule has 2 rings (SSSR count).